The highest BCUT2D eigenvalue weighted by molar-refractivity contribution is 5.11. The summed E-state index contributed by atoms with van der Waals surface area (Å²) in [5, 5.41) is 19.6. The molecule has 2 rings (SSSR count). The van der Waals surface area contributed by atoms with Gasteiger partial charge in [-0.05, 0) is 38.0 Å². The third-order valence-electron chi connectivity index (χ3n) is 4.61. The Bertz CT molecular complexity index is 200. The molecule has 2 fully saturated rings. The van der Waals surface area contributed by atoms with Crippen molar-refractivity contribution in [3.63, 3.8) is 0 Å². The summed E-state index contributed by atoms with van der Waals surface area (Å²) in [6.45, 7) is 4.05. The Morgan fingerprint density at radius 1 is 1.25 bits per heavy atom. The van der Waals surface area contributed by atoms with Crippen molar-refractivity contribution in [1.29, 1.82) is 0 Å². The highest BCUT2D eigenvalue weighted by atomic mass is 16.3. The molecule has 0 aromatic carbocycles. The van der Waals surface area contributed by atoms with Crippen molar-refractivity contribution in [2.45, 2.75) is 38.7 Å². The Morgan fingerprint density at radius 3 is 2.17 bits per heavy atom. The molecule has 0 unspecified atom stereocenters. The number of aliphatic hydroxyl groups is 2. The first-order valence-electron chi connectivity index (χ1n) is 4.85. The second kappa shape index (κ2) is 2.24. The molecule has 2 aliphatic carbocycles. The molecule has 2 nitrogen and oxygen atoms in total. The molecule has 12 heavy (non-hydrogen) atoms. The monoisotopic (exact) mass is 170 g/mol. The Hall–Kier alpha value is -0.0800. The molecule has 0 saturated heterocycles. The highest BCUT2D eigenvalue weighted by Gasteiger charge is 2.61. The maximum Gasteiger partial charge on any atom is 0.0725 e. The van der Waals surface area contributed by atoms with Crippen LogP contribution in [-0.4, -0.2) is 22.4 Å². The van der Waals surface area contributed by atoms with E-state index in [0.29, 0.717) is 11.8 Å². The van der Waals surface area contributed by atoms with Crippen molar-refractivity contribution in [1.82, 2.24) is 0 Å². The van der Waals surface area contributed by atoms with Gasteiger partial charge in [0.15, 0.2) is 0 Å². The van der Waals surface area contributed by atoms with E-state index in [1.165, 1.54) is 6.42 Å². The summed E-state index contributed by atoms with van der Waals surface area (Å²) in [6.07, 6.45) is 3.45. The molecule has 4 atom stereocenters. The number of aliphatic hydroxyl groups excluding tert-OH is 1. The van der Waals surface area contributed by atoms with E-state index in [4.69, 9.17) is 0 Å². The van der Waals surface area contributed by atoms with Crippen LogP contribution in [0.2, 0.25) is 0 Å². The quantitative estimate of drug-likeness (QED) is 0.620. The second-order valence-electron chi connectivity index (χ2n) is 4.93. The fraction of sp³-hybridized carbons (Fsp3) is 1.00. The molecular formula is C10H18O2. The van der Waals surface area contributed by atoms with Gasteiger partial charge in [0, 0.05) is 5.41 Å². The van der Waals surface area contributed by atoms with E-state index in [2.05, 4.69) is 0 Å². The predicted octanol–water partition coefficient (Wildman–Crippen LogP) is 1.17. The van der Waals surface area contributed by atoms with Crippen molar-refractivity contribution in [3.05, 3.63) is 0 Å². The fourth-order valence-corrected chi connectivity index (χ4v) is 3.24. The Labute approximate surface area is 73.6 Å². The molecule has 70 valence electrons. The molecule has 0 amide bonds. The van der Waals surface area contributed by atoms with Gasteiger partial charge in [-0.2, -0.15) is 0 Å². The van der Waals surface area contributed by atoms with Crippen LogP contribution in [0, 0.1) is 17.3 Å². The van der Waals surface area contributed by atoms with Crippen molar-refractivity contribution < 1.29 is 10.2 Å². The maximum atomic E-state index is 10.2. The number of fused-ring (bicyclic) bond motifs is 2. The van der Waals surface area contributed by atoms with E-state index in [-0.39, 0.29) is 12.0 Å². The lowest BCUT2D eigenvalue weighted by molar-refractivity contribution is -0.121. The van der Waals surface area contributed by atoms with Crippen LogP contribution in [0.3, 0.4) is 0 Å². The molecule has 2 heteroatoms. The lowest BCUT2D eigenvalue weighted by Crippen LogP contribution is -2.50. The van der Waals surface area contributed by atoms with Gasteiger partial charge in [-0.15, -0.1) is 0 Å². The van der Waals surface area contributed by atoms with Gasteiger partial charge >= 0.3 is 0 Å². The molecular weight excluding hydrogens is 152 g/mol. The van der Waals surface area contributed by atoms with Gasteiger partial charge in [-0.3, -0.25) is 0 Å². The van der Waals surface area contributed by atoms with E-state index in [9.17, 15) is 10.2 Å². The van der Waals surface area contributed by atoms with Crippen LogP contribution in [-0.2, 0) is 0 Å². The van der Waals surface area contributed by atoms with Crippen LogP contribution < -0.4 is 0 Å². The van der Waals surface area contributed by atoms with E-state index in [0.717, 1.165) is 12.8 Å². The Morgan fingerprint density at radius 2 is 1.83 bits per heavy atom. The first kappa shape index (κ1) is 8.52. The van der Waals surface area contributed by atoms with Crippen LogP contribution in [0.1, 0.15) is 33.1 Å². The molecule has 2 bridgehead atoms. The lowest BCUT2D eigenvalue weighted by atomic mass is 9.65. The average molecular weight is 170 g/mol. The summed E-state index contributed by atoms with van der Waals surface area (Å²) in [5.41, 5.74) is -0.874. The SMILES string of the molecule is C[C@]1(O)[C@H]2CC[C@H](C2)[C@@]1(C)CO. The minimum absolute atomic E-state index is 0.126. The minimum atomic E-state index is -0.634. The molecule has 0 spiro atoms. The standard InChI is InChI=1S/C10H18O2/c1-9(6-11)7-3-4-8(5-7)10(9,2)12/h7-8,11-12H,3-6H2,1-2H3/t7-,8+,9-,10+/m1/s1. The number of rotatable bonds is 1. The van der Waals surface area contributed by atoms with Gasteiger partial charge in [0.2, 0.25) is 0 Å². The minimum Gasteiger partial charge on any atom is -0.396 e. The van der Waals surface area contributed by atoms with Gasteiger partial charge in [0.25, 0.3) is 0 Å². The van der Waals surface area contributed by atoms with Crippen molar-refractivity contribution >= 4 is 0 Å². The Kier molecular flexibility index (Phi) is 1.59. The topological polar surface area (TPSA) is 40.5 Å². The summed E-state index contributed by atoms with van der Waals surface area (Å²) in [4.78, 5) is 0. The molecule has 2 aliphatic rings. The third-order valence-corrected chi connectivity index (χ3v) is 4.61. The highest BCUT2D eigenvalue weighted by Crippen LogP contribution is 2.61. The van der Waals surface area contributed by atoms with Crippen LogP contribution >= 0.6 is 0 Å². The fourth-order valence-electron chi connectivity index (χ4n) is 3.24. The van der Waals surface area contributed by atoms with Gasteiger partial charge in [-0.25, -0.2) is 0 Å². The van der Waals surface area contributed by atoms with Gasteiger partial charge < -0.3 is 10.2 Å². The largest absolute Gasteiger partial charge is 0.396 e. The van der Waals surface area contributed by atoms with E-state index >= 15 is 0 Å². The van der Waals surface area contributed by atoms with Crippen LogP contribution in [0.5, 0.6) is 0 Å². The van der Waals surface area contributed by atoms with Gasteiger partial charge in [0.1, 0.15) is 0 Å². The van der Waals surface area contributed by atoms with Crippen LogP contribution in [0.15, 0.2) is 0 Å². The molecule has 2 N–H and O–H groups in total. The molecule has 0 heterocycles. The normalized spacial score (nSPS) is 58.0. The van der Waals surface area contributed by atoms with Crippen LogP contribution in [0.25, 0.3) is 0 Å². The van der Waals surface area contributed by atoms with Crippen molar-refractivity contribution in [2.24, 2.45) is 17.3 Å². The number of hydrogen-bond donors (Lipinski definition) is 2. The average Bonchev–Trinajstić information content (AvgIpc) is 2.55. The molecule has 0 aromatic rings. The van der Waals surface area contributed by atoms with E-state index in [1.54, 1.807) is 0 Å². The lowest BCUT2D eigenvalue weighted by Gasteiger charge is -2.44. The van der Waals surface area contributed by atoms with E-state index < -0.39 is 5.60 Å². The van der Waals surface area contributed by atoms with Crippen LogP contribution in [0.4, 0.5) is 0 Å². The van der Waals surface area contributed by atoms with Gasteiger partial charge in [-0.1, -0.05) is 6.92 Å². The zero-order valence-electron chi connectivity index (χ0n) is 7.88. The first-order chi connectivity index (χ1) is 5.52. The zero-order valence-corrected chi connectivity index (χ0v) is 7.88. The molecule has 0 radical (unpaired) electrons. The van der Waals surface area contributed by atoms with Crippen molar-refractivity contribution in [3.8, 4) is 0 Å². The summed E-state index contributed by atoms with van der Waals surface area (Å²) in [5.74, 6) is 0.974. The Balaban J connectivity index is 2.34. The second-order valence-corrected chi connectivity index (χ2v) is 4.93. The summed E-state index contributed by atoms with van der Waals surface area (Å²) >= 11 is 0. The van der Waals surface area contributed by atoms with E-state index in [1.807, 2.05) is 13.8 Å². The third kappa shape index (κ3) is 0.728. The summed E-state index contributed by atoms with van der Waals surface area (Å²) < 4.78 is 0. The number of hydrogen-bond acceptors (Lipinski definition) is 2. The van der Waals surface area contributed by atoms with Crippen molar-refractivity contribution in [2.75, 3.05) is 6.61 Å². The maximum absolute atomic E-state index is 10.2. The van der Waals surface area contributed by atoms with Gasteiger partial charge in [0.05, 0.1) is 12.2 Å². The molecule has 0 aromatic heterocycles. The zero-order chi connectivity index (χ0) is 8.98. The summed E-state index contributed by atoms with van der Waals surface area (Å²) in [7, 11) is 0. The molecule has 0 aliphatic heterocycles. The predicted molar refractivity (Wildman–Crippen MR) is 46.6 cm³/mol. The molecule has 2 saturated carbocycles. The smallest absolute Gasteiger partial charge is 0.0725 e. The summed E-state index contributed by atoms with van der Waals surface area (Å²) in [6, 6.07) is 0. The first-order valence-corrected chi connectivity index (χ1v) is 4.85.